The summed E-state index contributed by atoms with van der Waals surface area (Å²) in [5.41, 5.74) is 7.98. The van der Waals surface area contributed by atoms with Crippen LogP contribution in [0.5, 0.6) is 5.75 Å². The van der Waals surface area contributed by atoms with Gasteiger partial charge in [-0.15, -0.1) is 0 Å². The first-order chi connectivity index (χ1) is 9.99. The molecule has 112 valence electrons. The highest BCUT2D eigenvalue weighted by molar-refractivity contribution is 9.10. The minimum Gasteiger partial charge on any atom is -0.488 e. The van der Waals surface area contributed by atoms with Gasteiger partial charge in [-0.05, 0) is 60.8 Å². The van der Waals surface area contributed by atoms with Crippen LogP contribution in [0.25, 0.3) is 0 Å². The van der Waals surface area contributed by atoms with Crippen molar-refractivity contribution in [1.29, 1.82) is 0 Å². The average molecular weight is 356 g/mol. The smallest absolute Gasteiger partial charge is 0.126 e. The quantitative estimate of drug-likeness (QED) is 0.875. The Morgan fingerprint density at radius 1 is 1.10 bits per heavy atom. The van der Waals surface area contributed by atoms with Gasteiger partial charge in [-0.2, -0.15) is 0 Å². The fourth-order valence-electron chi connectivity index (χ4n) is 2.20. The fourth-order valence-corrected chi connectivity index (χ4v) is 2.82. The summed E-state index contributed by atoms with van der Waals surface area (Å²) in [5, 5.41) is 0. The molecule has 0 bridgehead atoms. The average Bonchev–Trinajstić information content (AvgIpc) is 2.36. The Labute approximate surface area is 131 Å². The normalized spacial score (nSPS) is 10.7. The predicted molar refractivity (Wildman–Crippen MR) is 82.3 cm³/mol. The zero-order chi connectivity index (χ0) is 15.4. The van der Waals surface area contributed by atoms with E-state index in [1.807, 2.05) is 19.1 Å². The van der Waals surface area contributed by atoms with Crippen LogP contribution in [0.1, 0.15) is 16.7 Å². The molecule has 2 nitrogen and oxygen atoms in total. The van der Waals surface area contributed by atoms with Crippen LogP contribution < -0.4 is 10.5 Å². The molecule has 0 fully saturated rings. The Morgan fingerprint density at radius 2 is 1.76 bits per heavy atom. The van der Waals surface area contributed by atoms with Gasteiger partial charge in [0.25, 0.3) is 0 Å². The molecule has 0 aromatic heterocycles. The maximum atomic E-state index is 13.2. The molecule has 0 aliphatic carbocycles. The van der Waals surface area contributed by atoms with Crippen molar-refractivity contribution in [3.63, 3.8) is 0 Å². The largest absolute Gasteiger partial charge is 0.488 e. The lowest BCUT2D eigenvalue weighted by Crippen LogP contribution is -2.07. The Hall–Kier alpha value is -1.46. The van der Waals surface area contributed by atoms with Crippen molar-refractivity contribution >= 4 is 15.9 Å². The van der Waals surface area contributed by atoms with Gasteiger partial charge >= 0.3 is 0 Å². The highest BCUT2D eigenvalue weighted by Gasteiger charge is 2.10. The van der Waals surface area contributed by atoms with Gasteiger partial charge in [-0.1, -0.05) is 15.9 Å². The van der Waals surface area contributed by atoms with Crippen molar-refractivity contribution in [3.05, 3.63) is 63.1 Å². The monoisotopic (exact) mass is 355 g/mol. The molecule has 0 saturated carbocycles. The van der Waals surface area contributed by atoms with Gasteiger partial charge in [-0.3, -0.25) is 0 Å². The van der Waals surface area contributed by atoms with Crippen molar-refractivity contribution in [2.45, 2.75) is 20.0 Å². The number of ether oxygens (including phenoxy) is 1. The van der Waals surface area contributed by atoms with Crippen LogP contribution in [0.2, 0.25) is 0 Å². The van der Waals surface area contributed by atoms with E-state index in [2.05, 4.69) is 15.9 Å². The Balaban J connectivity index is 2.22. The summed E-state index contributed by atoms with van der Waals surface area (Å²) in [5.74, 6) is -0.500. The second-order valence-electron chi connectivity index (χ2n) is 4.82. The van der Waals surface area contributed by atoms with Gasteiger partial charge in [0.2, 0.25) is 0 Å². The van der Waals surface area contributed by atoms with Crippen LogP contribution in [0.4, 0.5) is 8.78 Å². The lowest BCUT2D eigenvalue weighted by Gasteiger charge is -2.15. The van der Waals surface area contributed by atoms with Crippen LogP contribution in [-0.2, 0) is 13.0 Å². The van der Waals surface area contributed by atoms with Crippen LogP contribution in [0.3, 0.4) is 0 Å². The first-order valence-electron chi connectivity index (χ1n) is 6.56. The zero-order valence-corrected chi connectivity index (χ0v) is 13.2. The molecule has 2 aromatic carbocycles. The van der Waals surface area contributed by atoms with Crippen molar-refractivity contribution < 1.29 is 13.5 Å². The standard InChI is InChI=1S/C16H16BrF2NO/c1-10-4-13(17)7-12(2-3-20)16(10)21-9-11-5-14(18)8-15(19)6-11/h4-8H,2-3,9,20H2,1H3. The highest BCUT2D eigenvalue weighted by Crippen LogP contribution is 2.29. The van der Waals surface area contributed by atoms with E-state index in [0.717, 1.165) is 21.7 Å². The van der Waals surface area contributed by atoms with E-state index in [1.165, 1.54) is 12.1 Å². The Bertz CT molecular complexity index is 626. The summed E-state index contributed by atoms with van der Waals surface area (Å²) < 4.78 is 33.0. The molecule has 2 rings (SSSR count). The van der Waals surface area contributed by atoms with Crippen molar-refractivity contribution in [2.75, 3.05) is 6.54 Å². The SMILES string of the molecule is Cc1cc(Br)cc(CCN)c1OCc1cc(F)cc(F)c1. The number of aryl methyl sites for hydroxylation is 1. The summed E-state index contributed by atoms with van der Waals surface area (Å²) in [6.07, 6.45) is 0.674. The van der Waals surface area contributed by atoms with Gasteiger partial charge in [-0.25, -0.2) is 8.78 Å². The molecule has 0 spiro atoms. The molecule has 0 aliphatic heterocycles. The van der Waals surface area contributed by atoms with E-state index in [4.69, 9.17) is 10.5 Å². The van der Waals surface area contributed by atoms with Crippen LogP contribution in [0, 0.1) is 18.6 Å². The summed E-state index contributed by atoms with van der Waals surface area (Å²) in [4.78, 5) is 0. The van der Waals surface area contributed by atoms with Gasteiger partial charge < -0.3 is 10.5 Å². The lowest BCUT2D eigenvalue weighted by molar-refractivity contribution is 0.299. The minimum absolute atomic E-state index is 0.106. The number of benzene rings is 2. The number of nitrogens with two attached hydrogens (primary N) is 1. The molecular formula is C16H16BrF2NO. The lowest BCUT2D eigenvalue weighted by atomic mass is 10.1. The van der Waals surface area contributed by atoms with E-state index in [-0.39, 0.29) is 6.61 Å². The Morgan fingerprint density at radius 3 is 2.38 bits per heavy atom. The summed E-state index contributed by atoms with van der Waals surface area (Å²) in [6.45, 7) is 2.53. The predicted octanol–water partition coefficient (Wildman–Crippen LogP) is 4.12. The molecule has 0 heterocycles. The van der Waals surface area contributed by atoms with E-state index >= 15 is 0 Å². The van der Waals surface area contributed by atoms with E-state index in [1.54, 1.807) is 0 Å². The van der Waals surface area contributed by atoms with E-state index in [0.29, 0.717) is 24.3 Å². The Kier molecular flexibility index (Phi) is 5.31. The second-order valence-corrected chi connectivity index (χ2v) is 5.73. The van der Waals surface area contributed by atoms with E-state index in [9.17, 15) is 8.78 Å². The van der Waals surface area contributed by atoms with Gasteiger partial charge in [0, 0.05) is 10.5 Å². The van der Waals surface area contributed by atoms with Gasteiger partial charge in [0.15, 0.2) is 0 Å². The number of hydrogen-bond donors (Lipinski definition) is 1. The number of halogens is 3. The molecule has 5 heteroatoms. The molecule has 2 N–H and O–H groups in total. The van der Waals surface area contributed by atoms with E-state index < -0.39 is 11.6 Å². The summed E-state index contributed by atoms with van der Waals surface area (Å²) in [6, 6.07) is 7.25. The summed E-state index contributed by atoms with van der Waals surface area (Å²) in [7, 11) is 0. The van der Waals surface area contributed by atoms with Gasteiger partial charge in [0.1, 0.15) is 24.0 Å². The highest BCUT2D eigenvalue weighted by atomic mass is 79.9. The topological polar surface area (TPSA) is 35.2 Å². The third-order valence-electron chi connectivity index (χ3n) is 3.04. The van der Waals surface area contributed by atoms with Crippen molar-refractivity contribution in [2.24, 2.45) is 5.73 Å². The second kappa shape index (κ2) is 7.00. The molecule has 0 amide bonds. The molecule has 0 aliphatic rings. The third kappa shape index (κ3) is 4.25. The van der Waals surface area contributed by atoms with Crippen LogP contribution in [-0.4, -0.2) is 6.54 Å². The molecule has 21 heavy (non-hydrogen) atoms. The molecule has 0 radical (unpaired) electrons. The fraction of sp³-hybridized carbons (Fsp3) is 0.250. The third-order valence-corrected chi connectivity index (χ3v) is 3.49. The molecule has 0 saturated heterocycles. The molecular weight excluding hydrogens is 340 g/mol. The first-order valence-corrected chi connectivity index (χ1v) is 7.35. The number of hydrogen-bond acceptors (Lipinski definition) is 2. The van der Waals surface area contributed by atoms with Crippen molar-refractivity contribution in [1.82, 2.24) is 0 Å². The van der Waals surface area contributed by atoms with Gasteiger partial charge in [0.05, 0.1) is 0 Å². The molecule has 0 unspecified atom stereocenters. The maximum absolute atomic E-state index is 13.2. The van der Waals surface area contributed by atoms with Crippen LogP contribution >= 0.6 is 15.9 Å². The molecule has 2 aromatic rings. The maximum Gasteiger partial charge on any atom is 0.126 e. The molecule has 0 atom stereocenters. The summed E-state index contributed by atoms with van der Waals surface area (Å²) >= 11 is 3.44. The zero-order valence-electron chi connectivity index (χ0n) is 11.6. The van der Waals surface area contributed by atoms with Crippen LogP contribution in [0.15, 0.2) is 34.8 Å². The minimum atomic E-state index is -0.608. The van der Waals surface area contributed by atoms with Crippen molar-refractivity contribution in [3.8, 4) is 5.75 Å². The first kappa shape index (κ1) is 15.9. The number of rotatable bonds is 5.